The molecule has 0 saturated carbocycles. The van der Waals surface area contributed by atoms with Gasteiger partial charge in [-0.3, -0.25) is 0 Å². The molecule has 5 heteroatoms. The smallest absolute Gasteiger partial charge is 0.0946 e. The van der Waals surface area contributed by atoms with Gasteiger partial charge in [0.15, 0.2) is 0 Å². The molecule has 3 nitrogen and oxygen atoms in total. The highest BCUT2D eigenvalue weighted by molar-refractivity contribution is 7.99. The maximum absolute atomic E-state index is 6.06. The van der Waals surface area contributed by atoms with Crippen LogP contribution < -0.4 is 5.73 Å². The lowest BCUT2D eigenvalue weighted by Crippen LogP contribution is -1.97. The number of hydrogen-bond acceptors (Lipinski definition) is 3. The molecule has 2 N–H and O–H groups in total. The minimum absolute atomic E-state index is 0.745. The molecule has 1 aromatic heterocycles. The lowest BCUT2D eigenvalue weighted by molar-refractivity contribution is 0.770. The average Bonchev–Trinajstić information content (AvgIpc) is 2.76. The van der Waals surface area contributed by atoms with Crippen molar-refractivity contribution in [2.45, 2.75) is 11.4 Å². The van der Waals surface area contributed by atoms with E-state index in [0.29, 0.717) is 0 Å². The van der Waals surface area contributed by atoms with Crippen molar-refractivity contribution in [3.63, 3.8) is 0 Å². The van der Waals surface area contributed by atoms with Gasteiger partial charge in [0.25, 0.3) is 0 Å². The number of aryl methyl sites for hydroxylation is 1. The summed E-state index contributed by atoms with van der Waals surface area (Å²) < 4.78 is 2.03. The quantitative estimate of drug-likeness (QED) is 0.673. The highest BCUT2D eigenvalue weighted by Crippen LogP contribution is 2.28. The molecule has 0 bridgehead atoms. The number of nitrogens with zero attached hydrogens (tertiary/aromatic N) is 2. The van der Waals surface area contributed by atoms with Gasteiger partial charge in [-0.05, 0) is 18.2 Å². The summed E-state index contributed by atoms with van der Waals surface area (Å²) in [6.07, 6.45) is 5.53. The van der Waals surface area contributed by atoms with Crippen LogP contribution in [0.5, 0.6) is 0 Å². The maximum atomic E-state index is 6.06. The molecule has 0 radical (unpaired) electrons. The van der Waals surface area contributed by atoms with E-state index in [-0.39, 0.29) is 0 Å². The van der Waals surface area contributed by atoms with E-state index in [9.17, 15) is 0 Å². The first-order valence-electron chi connectivity index (χ1n) is 4.89. The Balaban J connectivity index is 1.92. The Bertz CT molecular complexity index is 456. The molecule has 16 heavy (non-hydrogen) atoms. The van der Waals surface area contributed by atoms with Crippen LogP contribution in [0.4, 0.5) is 5.69 Å². The molecule has 2 aromatic rings. The van der Waals surface area contributed by atoms with Gasteiger partial charge in [0.1, 0.15) is 0 Å². The second-order valence-corrected chi connectivity index (χ2v) is 4.88. The van der Waals surface area contributed by atoms with Crippen LogP contribution in [0.25, 0.3) is 0 Å². The van der Waals surface area contributed by atoms with E-state index in [1.807, 2.05) is 35.3 Å². The number of nitrogens with two attached hydrogens (primary N) is 1. The predicted molar refractivity (Wildman–Crippen MR) is 68.8 cm³/mol. The third-order valence-corrected chi connectivity index (χ3v) is 3.60. The molecule has 0 aliphatic carbocycles. The van der Waals surface area contributed by atoms with Crippen LogP contribution >= 0.6 is 23.4 Å². The van der Waals surface area contributed by atoms with E-state index in [2.05, 4.69) is 4.98 Å². The van der Waals surface area contributed by atoms with Crippen LogP contribution in [-0.2, 0) is 6.54 Å². The molecule has 2 rings (SSSR count). The van der Waals surface area contributed by atoms with E-state index < -0.39 is 0 Å². The van der Waals surface area contributed by atoms with E-state index in [1.54, 1.807) is 18.0 Å². The molecule has 1 heterocycles. The van der Waals surface area contributed by atoms with Crippen molar-refractivity contribution < 1.29 is 0 Å². The number of hydrogen-bond donors (Lipinski definition) is 1. The summed E-state index contributed by atoms with van der Waals surface area (Å²) in [4.78, 5) is 5.02. The molecular weight excluding hydrogens is 242 g/mol. The molecule has 0 spiro atoms. The van der Waals surface area contributed by atoms with Crippen LogP contribution in [0.15, 0.2) is 41.8 Å². The van der Waals surface area contributed by atoms with Crippen molar-refractivity contribution in [1.29, 1.82) is 0 Å². The fourth-order valence-corrected chi connectivity index (χ4v) is 2.54. The van der Waals surface area contributed by atoms with Crippen molar-refractivity contribution in [2.75, 3.05) is 11.5 Å². The Kier molecular flexibility index (Phi) is 3.74. The van der Waals surface area contributed by atoms with Gasteiger partial charge in [-0.15, -0.1) is 11.8 Å². The zero-order valence-corrected chi connectivity index (χ0v) is 10.2. The van der Waals surface area contributed by atoms with Gasteiger partial charge >= 0.3 is 0 Å². The summed E-state index contributed by atoms with van der Waals surface area (Å²) in [5.74, 6) is 0.944. The van der Waals surface area contributed by atoms with E-state index >= 15 is 0 Å². The number of halogens is 1. The van der Waals surface area contributed by atoms with E-state index in [4.69, 9.17) is 17.3 Å². The largest absolute Gasteiger partial charge is 0.399 e. The monoisotopic (exact) mass is 253 g/mol. The van der Waals surface area contributed by atoms with Crippen molar-refractivity contribution in [3.05, 3.63) is 41.9 Å². The first kappa shape index (κ1) is 11.4. The van der Waals surface area contributed by atoms with Crippen molar-refractivity contribution in [1.82, 2.24) is 9.55 Å². The zero-order valence-electron chi connectivity index (χ0n) is 8.64. The SMILES string of the molecule is Nc1ccc(Cl)c(SCCn2ccnc2)c1. The lowest BCUT2D eigenvalue weighted by atomic mass is 10.3. The molecular formula is C11H12ClN3S. The lowest BCUT2D eigenvalue weighted by Gasteiger charge is -2.05. The average molecular weight is 254 g/mol. The number of benzene rings is 1. The molecule has 0 unspecified atom stereocenters. The Labute approximate surface area is 104 Å². The van der Waals surface area contributed by atoms with Crippen LogP contribution in [0, 0.1) is 0 Å². The molecule has 0 aliphatic heterocycles. The Hall–Kier alpha value is -1.13. The Morgan fingerprint density at radius 1 is 1.44 bits per heavy atom. The summed E-state index contributed by atoms with van der Waals surface area (Å²) >= 11 is 7.76. The highest BCUT2D eigenvalue weighted by atomic mass is 35.5. The first-order valence-corrected chi connectivity index (χ1v) is 6.25. The number of thioether (sulfide) groups is 1. The van der Waals surface area contributed by atoms with Crippen LogP contribution in [0.2, 0.25) is 5.02 Å². The summed E-state index contributed by atoms with van der Waals surface area (Å²) in [7, 11) is 0. The van der Waals surface area contributed by atoms with Crippen LogP contribution in [-0.4, -0.2) is 15.3 Å². The Morgan fingerprint density at radius 2 is 2.31 bits per heavy atom. The second-order valence-electron chi connectivity index (χ2n) is 3.34. The Morgan fingerprint density at radius 3 is 3.06 bits per heavy atom. The zero-order chi connectivity index (χ0) is 11.4. The second kappa shape index (κ2) is 5.27. The van der Waals surface area contributed by atoms with E-state index in [1.165, 1.54) is 0 Å². The number of nitrogen functional groups attached to an aromatic ring is 1. The third kappa shape index (κ3) is 2.93. The van der Waals surface area contributed by atoms with Gasteiger partial charge < -0.3 is 10.3 Å². The molecule has 0 fully saturated rings. The highest BCUT2D eigenvalue weighted by Gasteiger charge is 2.01. The van der Waals surface area contributed by atoms with Gasteiger partial charge in [-0.1, -0.05) is 11.6 Å². The fraction of sp³-hybridized carbons (Fsp3) is 0.182. The molecule has 0 aliphatic rings. The molecule has 0 saturated heterocycles. The normalized spacial score (nSPS) is 10.6. The van der Waals surface area contributed by atoms with E-state index in [0.717, 1.165) is 27.9 Å². The summed E-state index contributed by atoms with van der Waals surface area (Å²) in [5, 5.41) is 0.754. The number of rotatable bonds is 4. The van der Waals surface area contributed by atoms with Crippen LogP contribution in [0.1, 0.15) is 0 Å². The first-order chi connectivity index (χ1) is 7.75. The maximum Gasteiger partial charge on any atom is 0.0946 e. The number of anilines is 1. The van der Waals surface area contributed by atoms with Gasteiger partial charge in [0.2, 0.25) is 0 Å². The van der Waals surface area contributed by atoms with Gasteiger partial charge in [-0.2, -0.15) is 0 Å². The standard InChI is InChI=1S/C11H12ClN3S/c12-10-2-1-9(13)7-11(10)16-6-5-15-4-3-14-8-15/h1-4,7-8H,5-6,13H2. The predicted octanol–water partition coefficient (Wildman–Crippen LogP) is 2.91. The minimum atomic E-state index is 0.745. The van der Waals surface area contributed by atoms with Crippen molar-refractivity contribution in [2.24, 2.45) is 0 Å². The number of aromatic nitrogens is 2. The summed E-state index contributed by atoms with van der Waals surface area (Å²) in [6, 6.07) is 5.54. The number of imidazole rings is 1. The van der Waals surface area contributed by atoms with Gasteiger partial charge in [0.05, 0.1) is 11.3 Å². The molecule has 0 atom stereocenters. The molecule has 0 amide bonds. The topological polar surface area (TPSA) is 43.8 Å². The van der Waals surface area contributed by atoms with Crippen LogP contribution in [0.3, 0.4) is 0 Å². The molecule has 1 aromatic carbocycles. The van der Waals surface area contributed by atoms with Gasteiger partial charge in [0, 0.05) is 35.3 Å². The third-order valence-electron chi connectivity index (χ3n) is 2.12. The molecule has 84 valence electrons. The minimum Gasteiger partial charge on any atom is -0.399 e. The van der Waals surface area contributed by atoms with Gasteiger partial charge in [-0.25, -0.2) is 4.98 Å². The fourth-order valence-electron chi connectivity index (χ4n) is 1.31. The van der Waals surface area contributed by atoms with Crippen molar-refractivity contribution >= 4 is 29.1 Å². The van der Waals surface area contributed by atoms with Crippen molar-refractivity contribution in [3.8, 4) is 0 Å². The summed E-state index contributed by atoms with van der Waals surface area (Å²) in [6.45, 7) is 0.912. The summed E-state index contributed by atoms with van der Waals surface area (Å²) in [5.41, 5.74) is 6.45.